The van der Waals surface area contributed by atoms with E-state index in [1.807, 2.05) is 0 Å². The standard InChI is InChI=1S/C21H22F4N2O4/c1-3-31-18(28)20(21(23,24)25,15-6-8-16(22)9-7-15)27-19(29)26-13-12-14-4-10-17(30-2)11-5-14/h4-11H,3,12-13H2,1-2H3,(H2,26,27,29). The van der Waals surface area contributed by atoms with E-state index in [4.69, 9.17) is 4.74 Å². The molecule has 168 valence electrons. The van der Waals surface area contributed by atoms with Crippen molar-refractivity contribution in [1.29, 1.82) is 0 Å². The third-order valence-electron chi connectivity index (χ3n) is 4.44. The number of ether oxygens (including phenoxy) is 2. The summed E-state index contributed by atoms with van der Waals surface area (Å²) < 4.78 is 65.2. The highest BCUT2D eigenvalue weighted by molar-refractivity contribution is 5.89. The number of rotatable bonds is 8. The van der Waals surface area contributed by atoms with Crippen molar-refractivity contribution in [3.8, 4) is 5.75 Å². The van der Waals surface area contributed by atoms with Crippen LogP contribution in [0.5, 0.6) is 5.75 Å². The summed E-state index contributed by atoms with van der Waals surface area (Å²) >= 11 is 0. The fraction of sp³-hybridized carbons (Fsp3) is 0.333. The summed E-state index contributed by atoms with van der Waals surface area (Å²) in [6, 6.07) is 8.75. The molecule has 2 aromatic rings. The number of alkyl halides is 3. The average Bonchev–Trinajstić information content (AvgIpc) is 2.72. The molecule has 0 aliphatic heterocycles. The number of nitrogens with one attached hydrogen (secondary N) is 2. The van der Waals surface area contributed by atoms with Crippen LogP contribution in [0, 0.1) is 5.82 Å². The van der Waals surface area contributed by atoms with Gasteiger partial charge in [-0.15, -0.1) is 0 Å². The van der Waals surface area contributed by atoms with Crippen LogP contribution in [-0.2, 0) is 21.5 Å². The van der Waals surface area contributed by atoms with Crippen molar-refractivity contribution < 1.29 is 36.6 Å². The van der Waals surface area contributed by atoms with Gasteiger partial charge in [-0.25, -0.2) is 14.0 Å². The second-order valence-electron chi connectivity index (χ2n) is 6.45. The number of esters is 1. The highest BCUT2D eigenvalue weighted by Crippen LogP contribution is 2.40. The third-order valence-corrected chi connectivity index (χ3v) is 4.44. The van der Waals surface area contributed by atoms with Gasteiger partial charge in [0.2, 0.25) is 0 Å². The number of carbonyl (C=O) groups excluding carboxylic acids is 2. The first-order valence-electron chi connectivity index (χ1n) is 9.33. The molecule has 0 radical (unpaired) electrons. The maximum absolute atomic E-state index is 14.1. The molecule has 0 heterocycles. The van der Waals surface area contributed by atoms with E-state index < -0.39 is 35.1 Å². The van der Waals surface area contributed by atoms with Gasteiger partial charge in [0.25, 0.3) is 5.54 Å². The van der Waals surface area contributed by atoms with Crippen LogP contribution in [0.1, 0.15) is 18.1 Å². The van der Waals surface area contributed by atoms with Gasteiger partial charge >= 0.3 is 18.2 Å². The summed E-state index contributed by atoms with van der Waals surface area (Å²) in [5.74, 6) is -1.88. The molecule has 2 rings (SSSR count). The molecule has 0 bridgehead atoms. The molecule has 1 atom stereocenters. The quantitative estimate of drug-likeness (QED) is 0.483. The summed E-state index contributed by atoms with van der Waals surface area (Å²) in [4.78, 5) is 24.7. The van der Waals surface area contributed by atoms with Crippen LogP contribution in [0.25, 0.3) is 0 Å². The van der Waals surface area contributed by atoms with E-state index in [2.05, 4.69) is 10.1 Å². The molecule has 0 aliphatic rings. The molecule has 1 unspecified atom stereocenters. The first-order valence-corrected chi connectivity index (χ1v) is 9.33. The van der Waals surface area contributed by atoms with E-state index in [0.29, 0.717) is 12.2 Å². The first kappa shape index (κ1) is 24.0. The zero-order valence-electron chi connectivity index (χ0n) is 16.9. The number of carbonyl (C=O) groups is 2. The number of halogens is 4. The number of hydrogen-bond acceptors (Lipinski definition) is 4. The van der Waals surface area contributed by atoms with Gasteiger partial charge in [0.15, 0.2) is 0 Å². The van der Waals surface area contributed by atoms with Gasteiger partial charge in [-0.1, -0.05) is 24.3 Å². The minimum Gasteiger partial charge on any atom is -0.497 e. The Morgan fingerprint density at radius 1 is 1.00 bits per heavy atom. The van der Waals surface area contributed by atoms with E-state index >= 15 is 0 Å². The summed E-state index contributed by atoms with van der Waals surface area (Å²) in [6.07, 6.45) is -4.93. The van der Waals surface area contributed by atoms with Crippen molar-refractivity contribution in [1.82, 2.24) is 10.6 Å². The van der Waals surface area contributed by atoms with E-state index in [9.17, 15) is 27.2 Å². The van der Waals surface area contributed by atoms with Gasteiger partial charge in [-0.2, -0.15) is 13.2 Å². The Morgan fingerprint density at radius 3 is 2.13 bits per heavy atom. The number of benzene rings is 2. The number of amides is 2. The van der Waals surface area contributed by atoms with Gasteiger partial charge in [0.05, 0.1) is 13.7 Å². The second-order valence-corrected chi connectivity index (χ2v) is 6.45. The van der Waals surface area contributed by atoms with Gasteiger partial charge in [0.1, 0.15) is 11.6 Å². The van der Waals surface area contributed by atoms with Crippen LogP contribution in [0.3, 0.4) is 0 Å². The molecule has 0 saturated heterocycles. The number of methoxy groups -OCH3 is 1. The van der Waals surface area contributed by atoms with E-state index in [-0.39, 0.29) is 13.2 Å². The normalized spacial score (nSPS) is 13.1. The molecular weight excluding hydrogens is 420 g/mol. The molecular formula is C21H22F4N2O4. The number of hydrogen-bond donors (Lipinski definition) is 2. The Balaban J connectivity index is 2.21. The van der Waals surface area contributed by atoms with Crippen molar-refractivity contribution in [2.24, 2.45) is 0 Å². The molecule has 0 spiro atoms. The minimum atomic E-state index is -5.26. The van der Waals surface area contributed by atoms with Crippen LogP contribution >= 0.6 is 0 Å². The van der Waals surface area contributed by atoms with Crippen molar-refractivity contribution >= 4 is 12.0 Å². The fourth-order valence-corrected chi connectivity index (χ4v) is 2.86. The minimum absolute atomic E-state index is 0.00164. The molecule has 2 amide bonds. The lowest BCUT2D eigenvalue weighted by molar-refractivity contribution is -0.214. The van der Waals surface area contributed by atoms with Gasteiger partial charge in [-0.3, -0.25) is 0 Å². The lowest BCUT2D eigenvalue weighted by Gasteiger charge is -2.34. The van der Waals surface area contributed by atoms with Crippen LogP contribution in [0.4, 0.5) is 22.4 Å². The van der Waals surface area contributed by atoms with Crippen LogP contribution < -0.4 is 15.4 Å². The van der Waals surface area contributed by atoms with Gasteiger partial charge < -0.3 is 20.1 Å². The molecule has 0 fully saturated rings. The van der Waals surface area contributed by atoms with E-state index in [1.165, 1.54) is 14.0 Å². The van der Waals surface area contributed by atoms with Crippen molar-refractivity contribution in [3.05, 3.63) is 65.5 Å². The monoisotopic (exact) mass is 442 g/mol. The molecule has 0 aliphatic carbocycles. The third kappa shape index (κ3) is 5.65. The van der Waals surface area contributed by atoms with Crippen molar-refractivity contribution in [3.63, 3.8) is 0 Å². The van der Waals surface area contributed by atoms with E-state index in [0.717, 1.165) is 29.8 Å². The van der Waals surface area contributed by atoms with E-state index in [1.54, 1.807) is 29.6 Å². The Kier molecular flexibility index (Phi) is 7.84. The maximum Gasteiger partial charge on any atom is 0.426 e. The van der Waals surface area contributed by atoms with Crippen molar-refractivity contribution in [2.45, 2.75) is 25.1 Å². The predicted molar refractivity (Wildman–Crippen MR) is 104 cm³/mol. The maximum atomic E-state index is 14.1. The zero-order valence-corrected chi connectivity index (χ0v) is 16.9. The van der Waals surface area contributed by atoms with Crippen LogP contribution in [0.15, 0.2) is 48.5 Å². The Hall–Kier alpha value is -3.30. The summed E-state index contributed by atoms with van der Waals surface area (Å²) in [6.45, 7) is 0.982. The lowest BCUT2D eigenvalue weighted by atomic mass is 9.89. The second kappa shape index (κ2) is 10.1. The summed E-state index contributed by atoms with van der Waals surface area (Å²) in [5.41, 5.74) is -3.36. The Bertz CT molecular complexity index is 886. The van der Waals surface area contributed by atoms with Crippen molar-refractivity contribution in [2.75, 3.05) is 20.3 Å². The molecule has 0 aromatic heterocycles. The molecule has 2 aromatic carbocycles. The Labute approximate surface area is 176 Å². The molecule has 0 saturated carbocycles. The molecule has 6 nitrogen and oxygen atoms in total. The largest absolute Gasteiger partial charge is 0.497 e. The van der Waals surface area contributed by atoms with Crippen LogP contribution in [0.2, 0.25) is 0 Å². The fourth-order valence-electron chi connectivity index (χ4n) is 2.86. The zero-order chi connectivity index (χ0) is 23.1. The highest BCUT2D eigenvalue weighted by Gasteiger charge is 2.64. The van der Waals surface area contributed by atoms with Gasteiger partial charge in [-0.05, 0) is 48.7 Å². The summed E-state index contributed by atoms with van der Waals surface area (Å²) in [7, 11) is 1.51. The summed E-state index contributed by atoms with van der Waals surface area (Å²) in [5, 5.41) is 4.01. The highest BCUT2D eigenvalue weighted by atomic mass is 19.4. The molecule has 31 heavy (non-hydrogen) atoms. The molecule has 2 N–H and O–H groups in total. The lowest BCUT2D eigenvalue weighted by Crippen LogP contribution is -2.63. The Morgan fingerprint density at radius 2 is 1.61 bits per heavy atom. The van der Waals surface area contributed by atoms with Crippen LogP contribution in [-0.4, -0.2) is 38.4 Å². The SMILES string of the molecule is CCOC(=O)C(NC(=O)NCCc1ccc(OC)cc1)(c1ccc(F)cc1)C(F)(F)F. The predicted octanol–water partition coefficient (Wildman–Crippen LogP) is 3.70. The first-order chi connectivity index (χ1) is 14.6. The topological polar surface area (TPSA) is 76.7 Å². The number of urea groups is 1. The average molecular weight is 442 g/mol. The molecule has 10 heteroatoms. The smallest absolute Gasteiger partial charge is 0.426 e. The van der Waals surface area contributed by atoms with Gasteiger partial charge in [0, 0.05) is 6.54 Å².